The molecule has 4 N–H and O–H groups in total. The Morgan fingerprint density at radius 2 is 2.16 bits per heavy atom. The zero-order chi connectivity index (χ0) is 14.0. The van der Waals surface area contributed by atoms with Crippen molar-refractivity contribution in [3.63, 3.8) is 0 Å². The highest BCUT2D eigenvalue weighted by Gasteiger charge is 2.15. The summed E-state index contributed by atoms with van der Waals surface area (Å²) in [7, 11) is 0. The van der Waals surface area contributed by atoms with E-state index in [1.807, 2.05) is 0 Å². The number of halogens is 1. The van der Waals surface area contributed by atoms with E-state index in [1.165, 1.54) is 18.3 Å². The molecular formula is C13H12FN3O2. The number of nitrogens with zero attached hydrogens (tertiary/aromatic N) is 1. The summed E-state index contributed by atoms with van der Waals surface area (Å²) in [5.41, 5.74) is 11.4. The van der Waals surface area contributed by atoms with E-state index in [0.717, 1.165) is 0 Å². The fourth-order valence-electron chi connectivity index (χ4n) is 1.53. The summed E-state index contributed by atoms with van der Waals surface area (Å²) in [6.45, 7) is 1.60. The molecule has 0 spiro atoms. The fourth-order valence-corrected chi connectivity index (χ4v) is 1.53. The van der Waals surface area contributed by atoms with E-state index in [4.69, 9.17) is 16.2 Å². The zero-order valence-electron chi connectivity index (χ0n) is 10.2. The highest BCUT2D eigenvalue weighted by molar-refractivity contribution is 5.95. The topological polar surface area (TPSA) is 91.2 Å². The SMILES string of the molecule is Cc1cccc(Oc2ncc(N)cc2C(N)=O)c1F. The van der Waals surface area contributed by atoms with Crippen LogP contribution in [0.1, 0.15) is 15.9 Å². The molecule has 5 nitrogen and oxygen atoms in total. The molecule has 1 heterocycles. The van der Waals surface area contributed by atoms with Crippen molar-refractivity contribution in [3.05, 3.63) is 47.4 Å². The number of hydrogen-bond donors (Lipinski definition) is 2. The third-order valence-electron chi connectivity index (χ3n) is 2.50. The third kappa shape index (κ3) is 2.62. The van der Waals surface area contributed by atoms with Crippen LogP contribution in [0, 0.1) is 12.7 Å². The molecular weight excluding hydrogens is 249 g/mol. The van der Waals surface area contributed by atoms with Crippen molar-refractivity contribution in [3.8, 4) is 11.6 Å². The second-order valence-electron chi connectivity index (χ2n) is 3.97. The first-order valence-corrected chi connectivity index (χ1v) is 5.47. The molecule has 6 heteroatoms. The molecule has 0 bridgehead atoms. The van der Waals surface area contributed by atoms with Crippen LogP contribution in [0.3, 0.4) is 0 Å². The van der Waals surface area contributed by atoms with Gasteiger partial charge < -0.3 is 16.2 Å². The predicted molar refractivity (Wildman–Crippen MR) is 68.4 cm³/mol. The van der Waals surface area contributed by atoms with Gasteiger partial charge >= 0.3 is 0 Å². The van der Waals surface area contributed by atoms with Crippen LogP contribution in [-0.2, 0) is 0 Å². The maximum Gasteiger partial charge on any atom is 0.254 e. The minimum Gasteiger partial charge on any atom is -0.435 e. The molecule has 2 aromatic rings. The van der Waals surface area contributed by atoms with Crippen molar-refractivity contribution in [1.82, 2.24) is 4.98 Å². The molecule has 1 amide bonds. The molecule has 0 saturated heterocycles. The fraction of sp³-hybridized carbons (Fsp3) is 0.0769. The van der Waals surface area contributed by atoms with E-state index in [9.17, 15) is 9.18 Å². The lowest BCUT2D eigenvalue weighted by Gasteiger charge is -2.10. The number of primary amides is 1. The Balaban J connectivity index is 2.44. The number of pyridine rings is 1. The summed E-state index contributed by atoms with van der Waals surface area (Å²) in [6.07, 6.45) is 1.30. The van der Waals surface area contributed by atoms with E-state index in [2.05, 4.69) is 4.98 Å². The van der Waals surface area contributed by atoms with Crippen LogP contribution < -0.4 is 16.2 Å². The van der Waals surface area contributed by atoms with E-state index in [0.29, 0.717) is 5.56 Å². The van der Waals surface area contributed by atoms with Gasteiger partial charge in [0, 0.05) is 0 Å². The molecule has 0 radical (unpaired) electrons. The van der Waals surface area contributed by atoms with Gasteiger partial charge in [-0.25, -0.2) is 9.37 Å². The second kappa shape index (κ2) is 4.93. The molecule has 0 unspecified atom stereocenters. The van der Waals surface area contributed by atoms with Crippen molar-refractivity contribution in [1.29, 1.82) is 0 Å². The molecule has 0 saturated carbocycles. The summed E-state index contributed by atoms with van der Waals surface area (Å²) in [5, 5.41) is 0. The lowest BCUT2D eigenvalue weighted by atomic mass is 10.2. The summed E-state index contributed by atoms with van der Waals surface area (Å²) in [5.74, 6) is -1.37. The average Bonchev–Trinajstić information content (AvgIpc) is 2.36. The highest BCUT2D eigenvalue weighted by atomic mass is 19.1. The Hall–Kier alpha value is -2.63. The summed E-state index contributed by atoms with van der Waals surface area (Å²) >= 11 is 0. The van der Waals surface area contributed by atoms with Crippen LogP contribution >= 0.6 is 0 Å². The van der Waals surface area contributed by atoms with Gasteiger partial charge in [0.05, 0.1) is 11.9 Å². The number of nitrogens with two attached hydrogens (primary N) is 2. The zero-order valence-corrected chi connectivity index (χ0v) is 10.2. The predicted octanol–water partition coefficient (Wildman–Crippen LogP) is 2.00. The van der Waals surface area contributed by atoms with Crippen LogP contribution in [0.2, 0.25) is 0 Å². The highest BCUT2D eigenvalue weighted by Crippen LogP contribution is 2.27. The van der Waals surface area contributed by atoms with E-state index in [1.54, 1.807) is 19.1 Å². The van der Waals surface area contributed by atoms with Gasteiger partial charge in [0.15, 0.2) is 11.6 Å². The monoisotopic (exact) mass is 261 g/mol. The number of carbonyl (C=O) groups is 1. The quantitative estimate of drug-likeness (QED) is 0.884. The van der Waals surface area contributed by atoms with Crippen LogP contribution in [0.5, 0.6) is 11.6 Å². The van der Waals surface area contributed by atoms with Gasteiger partial charge in [-0.1, -0.05) is 12.1 Å². The van der Waals surface area contributed by atoms with Gasteiger partial charge in [0.2, 0.25) is 5.88 Å². The molecule has 0 atom stereocenters. The first kappa shape index (κ1) is 12.8. The molecule has 1 aromatic carbocycles. The van der Waals surface area contributed by atoms with Gasteiger partial charge in [-0.2, -0.15) is 0 Å². The number of ether oxygens (including phenoxy) is 1. The molecule has 0 aliphatic heterocycles. The first-order valence-electron chi connectivity index (χ1n) is 5.47. The Bertz CT molecular complexity index is 644. The summed E-state index contributed by atoms with van der Waals surface area (Å²) in [6, 6.07) is 6.01. The summed E-state index contributed by atoms with van der Waals surface area (Å²) < 4.78 is 19.1. The summed E-state index contributed by atoms with van der Waals surface area (Å²) in [4.78, 5) is 15.1. The third-order valence-corrected chi connectivity index (χ3v) is 2.50. The van der Waals surface area contributed by atoms with Crippen molar-refractivity contribution in [2.45, 2.75) is 6.92 Å². The van der Waals surface area contributed by atoms with E-state index >= 15 is 0 Å². The molecule has 2 rings (SSSR count). The Morgan fingerprint density at radius 1 is 1.42 bits per heavy atom. The number of benzene rings is 1. The average molecular weight is 261 g/mol. The van der Waals surface area contributed by atoms with Crippen molar-refractivity contribution >= 4 is 11.6 Å². The van der Waals surface area contributed by atoms with Crippen LogP contribution in [0.15, 0.2) is 30.5 Å². The first-order chi connectivity index (χ1) is 8.99. The minimum atomic E-state index is -0.747. The van der Waals surface area contributed by atoms with Gasteiger partial charge in [0.1, 0.15) is 5.56 Å². The number of nitrogen functional groups attached to an aromatic ring is 1. The Kier molecular flexibility index (Phi) is 3.33. The molecule has 1 aromatic heterocycles. The Morgan fingerprint density at radius 3 is 2.84 bits per heavy atom. The van der Waals surface area contributed by atoms with Gasteiger partial charge in [0.25, 0.3) is 5.91 Å². The van der Waals surface area contributed by atoms with Crippen molar-refractivity contribution < 1.29 is 13.9 Å². The number of aryl methyl sites for hydroxylation is 1. The van der Waals surface area contributed by atoms with Crippen molar-refractivity contribution in [2.75, 3.05) is 5.73 Å². The van der Waals surface area contributed by atoms with Crippen LogP contribution in [0.25, 0.3) is 0 Å². The molecule has 0 fully saturated rings. The number of rotatable bonds is 3. The normalized spacial score (nSPS) is 10.2. The van der Waals surface area contributed by atoms with Gasteiger partial charge in [-0.05, 0) is 24.6 Å². The number of hydrogen-bond acceptors (Lipinski definition) is 4. The van der Waals surface area contributed by atoms with E-state index in [-0.39, 0.29) is 22.9 Å². The number of amides is 1. The van der Waals surface area contributed by atoms with Crippen LogP contribution in [0.4, 0.5) is 10.1 Å². The lowest BCUT2D eigenvalue weighted by Crippen LogP contribution is -2.13. The largest absolute Gasteiger partial charge is 0.435 e. The number of carbonyl (C=O) groups excluding carboxylic acids is 1. The lowest BCUT2D eigenvalue weighted by molar-refractivity contribution is 0.0997. The standard InChI is InChI=1S/C13H12FN3O2/c1-7-3-2-4-10(11(7)14)19-13-9(12(16)18)5-8(15)6-17-13/h2-6H,15H2,1H3,(H2,16,18). The number of aromatic nitrogens is 1. The van der Waals surface area contributed by atoms with Crippen molar-refractivity contribution in [2.24, 2.45) is 5.73 Å². The second-order valence-corrected chi connectivity index (χ2v) is 3.97. The smallest absolute Gasteiger partial charge is 0.254 e. The maximum atomic E-state index is 13.8. The Labute approximate surface area is 109 Å². The van der Waals surface area contributed by atoms with Gasteiger partial charge in [-0.15, -0.1) is 0 Å². The molecule has 19 heavy (non-hydrogen) atoms. The number of anilines is 1. The molecule has 98 valence electrons. The van der Waals surface area contributed by atoms with E-state index < -0.39 is 11.7 Å². The minimum absolute atomic E-state index is 0.000839. The molecule has 0 aliphatic carbocycles. The maximum absolute atomic E-state index is 13.8. The van der Waals surface area contributed by atoms with Gasteiger partial charge in [-0.3, -0.25) is 4.79 Å². The molecule has 0 aliphatic rings. The van der Waals surface area contributed by atoms with Crippen LogP contribution in [-0.4, -0.2) is 10.9 Å².